The number of hydrogen-bond acceptors (Lipinski definition) is 4. The van der Waals surface area contributed by atoms with Gasteiger partial charge >= 0.3 is 0 Å². The maximum absolute atomic E-state index is 11.4. The molecule has 0 aromatic rings. The summed E-state index contributed by atoms with van der Waals surface area (Å²) in [6.07, 6.45) is 2.60. The van der Waals surface area contributed by atoms with Crippen LogP contribution in [0.2, 0.25) is 0 Å². The van der Waals surface area contributed by atoms with Crippen molar-refractivity contribution in [2.24, 2.45) is 11.7 Å². The van der Waals surface area contributed by atoms with Crippen LogP contribution in [0.5, 0.6) is 0 Å². The molecule has 18 heavy (non-hydrogen) atoms. The van der Waals surface area contributed by atoms with Gasteiger partial charge in [-0.2, -0.15) is 0 Å². The van der Waals surface area contributed by atoms with E-state index in [0.717, 1.165) is 19.0 Å². The Morgan fingerprint density at radius 1 is 1.56 bits per heavy atom. The van der Waals surface area contributed by atoms with E-state index in [9.17, 15) is 4.79 Å². The molecule has 1 aliphatic rings. The normalized spacial score (nSPS) is 18.9. The number of nitrogens with zero attached hydrogens (tertiary/aromatic N) is 1. The van der Waals surface area contributed by atoms with Gasteiger partial charge < -0.3 is 15.8 Å². The fourth-order valence-corrected chi connectivity index (χ4v) is 2.28. The number of nitrogens with one attached hydrogen (secondary N) is 1. The number of hydrogen-bond donors (Lipinski definition) is 2. The number of nitrogens with two attached hydrogens (primary N) is 1. The second-order valence-corrected chi connectivity index (χ2v) is 5.08. The van der Waals surface area contributed by atoms with E-state index in [1.54, 1.807) is 7.11 Å². The minimum absolute atomic E-state index is 0.270. The minimum Gasteiger partial charge on any atom is -0.383 e. The van der Waals surface area contributed by atoms with E-state index in [2.05, 4.69) is 17.1 Å². The minimum atomic E-state index is -0.276. The molecule has 0 heterocycles. The van der Waals surface area contributed by atoms with Gasteiger partial charge in [0.2, 0.25) is 5.91 Å². The quantitative estimate of drug-likeness (QED) is 0.586. The Balaban J connectivity index is 2.53. The van der Waals surface area contributed by atoms with Crippen molar-refractivity contribution in [3.63, 3.8) is 0 Å². The Kier molecular flexibility index (Phi) is 6.60. The van der Waals surface area contributed by atoms with E-state index in [1.807, 2.05) is 6.92 Å². The highest BCUT2D eigenvalue weighted by atomic mass is 16.5. The van der Waals surface area contributed by atoms with Gasteiger partial charge in [0.05, 0.1) is 12.6 Å². The molecule has 2 unspecified atom stereocenters. The van der Waals surface area contributed by atoms with Gasteiger partial charge in [0.25, 0.3) is 0 Å². The zero-order valence-corrected chi connectivity index (χ0v) is 11.8. The summed E-state index contributed by atoms with van der Waals surface area (Å²) in [6.45, 7) is 7.18. The number of rotatable bonds is 10. The van der Waals surface area contributed by atoms with E-state index < -0.39 is 0 Å². The maximum Gasteiger partial charge on any atom is 0.235 e. The van der Waals surface area contributed by atoms with Crippen LogP contribution in [0.3, 0.4) is 0 Å². The number of amides is 1. The number of carbonyl (C=O) groups is 1. The molecule has 1 amide bonds. The topological polar surface area (TPSA) is 67.6 Å². The number of primary amides is 1. The van der Waals surface area contributed by atoms with Gasteiger partial charge in [-0.3, -0.25) is 9.69 Å². The van der Waals surface area contributed by atoms with Crippen LogP contribution in [0.15, 0.2) is 0 Å². The van der Waals surface area contributed by atoms with E-state index in [1.165, 1.54) is 12.8 Å². The molecule has 0 bridgehead atoms. The lowest BCUT2D eigenvalue weighted by Crippen LogP contribution is -2.52. The smallest absolute Gasteiger partial charge is 0.235 e. The van der Waals surface area contributed by atoms with Crippen molar-refractivity contribution >= 4 is 5.91 Å². The molecule has 2 atom stereocenters. The van der Waals surface area contributed by atoms with Crippen molar-refractivity contribution in [3.05, 3.63) is 0 Å². The Bertz CT molecular complexity index is 257. The summed E-state index contributed by atoms with van der Waals surface area (Å²) in [4.78, 5) is 13.7. The number of methoxy groups -OCH3 is 1. The van der Waals surface area contributed by atoms with Crippen molar-refractivity contribution in [1.82, 2.24) is 10.2 Å². The van der Waals surface area contributed by atoms with Gasteiger partial charge in [0, 0.05) is 26.2 Å². The Hall–Kier alpha value is -0.650. The highest BCUT2D eigenvalue weighted by Crippen LogP contribution is 2.35. The molecule has 0 aromatic carbocycles. The first-order valence-corrected chi connectivity index (χ1v) is 6.85. The second kappa shape index (κ2) is 7.71. The van der Waals surface area contributed by atoms with Gasteiger partial charge in [-0.25, -0.2) is 0 Å². The molecule has 1 saturated carbocycles. The first-order valence-electron chi connectivity index (χ1n) is 6.85. The van der Waals surface area contributed by atoms with Gasteiger partial charge in [-0.05, 0) is 32.2 Å². The second-order valence-electron chi connectivity index (χ2n) is 5.08. The van der Waals surface area contributed by atoms with Crippen molar-refractivity contribution in [1.29, 1.82) is 0 Å². The van der Waals surface area contributed by atoms with Crippen LogP contribution in [0.1, 0.15) is 26.7 Å². The summed E-state index contributed by atoms with van der Waals surface area (Å²) in [7, 11) is 1.70. The molecule has 5 nitrogen and oxygen atoms in total. The first-order chi connectivity index (χ1) is 8.60. The largest absolute Gasteiger partial charge is 0.383 e. The molecule has 0 aromatic heterocycles. The average molecular weight is 257 g/mol. The number of carbonyl (C=O) groups excluding carboxylic acids is 1. The Labute approximate surface area is 110 Å². The van der Waals surface area contributed by atoms with Crippen molar-refractivity contribution in [2.75, 3.05) is 33.4 Å². The van der Waals surface area contributed by atoms with Crippen LogP contribution in [-0.4, -0.2) is 56.2 Å². The van der Waals surface area contributed by atoms with E-state index in [-0.39, 0.29) is 11.9 Å². The highest BCUT2D eigenvalue weighted by molar-refractivity contribution is 5.80. The van der Waals surface area contributed by atoms with E-state index in [0.29, 0.717) is 19.2 Å². The highest BCUT2D eigenvalue weighted by Gasteiger charge is 2.33. The van der Waals surface area contributed by atoms with Gasteiger partial charge in [0.15, 0.2) is 0 Å². The van der Waals surface area contributed by atoms with Crippen molar-refractivity contribution in [3.8, 4) is 0 Å². The summed E-state index contributed by atoms with van der Waals surface area (Å²) < 4.78 is 5.15. The first kappa shape index (κ1) is 15.4. The van der Waals surface area contributed by atoms with E-state index >= 15 is 0 Å². The van der Waals surface area contributed by atoms with Crippen LogP contribution in [-0.2, 0) is 9.53 Å². The zero-order valence-electron chi connectivity index (χ0n) is 11.8. The third-order valence-corrected chi connectivity index (χ3v) is 3.67. The van der Waals surface area contributed by atoms with Crippen LogP contribution in [0.4, 0.5) is 0 Å². The predicted molar refractivity (Wildman–Crippen MR) is 72.3 cm³/mol. The molecule has 106 valence electrons. The van der Waals surface area contributed by atoms with Crippen LogP contribution in [0, 0.1) is 5.92 Å². The molecular weight excluding hydrogens is 230 g/mol. The van der Waals surface area contributed by atoms with Gasteiger partial charge in [-0.1, -0.05) is 6.92 Å². The standard InChI is InChI=1S/C13H27N3O2/c1-4-15-12(13(14)17)9-16(7-8-18-3)10(2)11-5-6-11/h10-12,15H,4-9H2,1-3H3,(H2,14,17). The third kappa shape index (κ3) is 4.92. The molecule has 3 N–H and O–H groups in total. The van der Waals surface area contributed by atoms with E-state index in [4.69, 9.17) is 10.5 Å². The molecule has 1 rings (SSSR count). The summed E-state index contributed by atoms with van der Waals surface area (Å²) in [5.41, 5.74) is 5.43. The van der Waals surface area contributed by atoms with Crippen molar-refractivity contribution < 1.29 is 9.53 Å². The predicted octanol–water partition coefficient (Wildman–Crippen LogP) is 0.197. The summed E-state index contributed by atoms with van der Waals surface area (Å²) in [5.74, 6) is 0.499. The lowest BCUT2D eigenvalue weighted by Gasteiger charge is -2.31. The lowest BCUT2D eigenvalue weighted by atomic mass is 10.1. The Morgan fingerprint density at radius 3 is 2.67 bits per heavy atom. The molecule has 0 radical (unpaired) electrons. The molecule has 0 aliphatic heterocycles. The molecule has 0 spiro atoms. The van der Waals surface area contributed by atoms with Gasteiger partial charge in [-0.15, -0.1) is 0 Å². The summed E-state index contributed by atoms with van der Waals surface area (Å²) in [5, 5.41) is 3.15. The van der Waals surface area contributed by atoms with Crippen LogP contribution < -0.4 is 11.1 Å². The molecule has 0 saturated heterocycles. The third-order valence-electron chi connectivity index (χ3n) is 3.67. The maximum atomic E-state index is 11.4. The molecule has 5 heteroatoms. The zero-order chi connectivity index (χ0) is 13.5. The lowest BCUT2D eigenvalue weighted by molar-refractivity contribution is -0.120. The number of ether oxygens (including phenoxy) is 1. The molecule has 1 fully saturated rings. The fraction of sp³-hybridized carbons (Fsp3) is 0.923. The number of likely N-dealkylation sites (N-methyl/N-ethyl adjacent to an activating group) is 1. The summed E-state index contributed by atoms with van der Waals surface area (Å²) >= 11 is 0. The van der Waals surface area contributed by atoms with Crippen molar-refractivity contribution in [2.45, 2.75) is 38.8 Å². The van der Waals surface area contributed by atoms with Gasteiger partial charge in [0.1, 0.15) is 0 Å². The van der Waals surface area contributed by atoms with Crippen LogP contribution in [0.25, 0.3) is 0 Å². The SMILES string of the molecule is CCNC(CN(CCOC)C(C)C1CC1)C(N)=O. The van der Waals surface area contributed by atoms with Crippen LogP contribution >= 0.6 is 0 Å². The average Bonchev–Trinajstić information content (AvgIpc) is 3.16. The summed E-state index contributed by atoms with van der Waals surface area (Å²) in [6, 6.07) is 0.230. The fourth-order valence-electron chi connectivity index (χ4n) is 2.28. The molecule has 1 aliphatic carbocycles. The molecular formula is C13H27N3O2. The monoisotopic (exact) mass is 257 g/mol. The Morgan fingerprint density at radius 2 is 2.22 bits per heavy atom.